The van der Waals surface area contributed by atoms with Crippen LogP contribution in [0.3, 0.4) is 0 Å². The highest BCUT2D eigenvalue weighted by atomic mass is 127. The molecule has 4 nitrogen and oxygen atoms in total. The summed E-state index contributed by atoms with van der Waals surface area (Å²) in [7, 11) is 0. The van der Waals surface area contributed by atoms with E-state index in [4.69, 9.17) is 0 Å². The summed E-state index contributed by atoms with van der Waals surface area (Å²) in [5.41, 5.74) is 2.15. The highest BCUT2D eigenvalue weighted by Crippen LogP contribution is 2.26. The fourth-order valence-electron chi connectivity index (χ4n) is 1.49. The number of benzene rings is 1. The van der Waals surface area contributed by atoms with Gasteiger partial charge in [0.1, 0.15) is 0 Å². The van der Waals surface area contributed by atoms with Gasteiger partial charge >= 0.3 is 0 Å². The van der Waals surface area contributed by atoms with Crippen molar-refractivity contribution in [2.45, 2.75) is 6.92 Å². The molecule has 0 fully saturated rings. The van der Waals surface area contributed by atoms with Crippen LogP contribution in [0.1, 0.15) is 15.9 Å². The zero-order chi connectivity index (χ0) is 11.0. The number of rotatable bonds is 0. The molecule has 0 radical (unpaired) electrons. The van der Waals surface area contributed by atoms with Gasteiger partial charge in [0, 0.05) is 3.57 Å². The fraction of sp³-hybridized carbons (Fsp3) is 0.200. The van der Waals surface area contributed by atoms with Gasteiger partial charge < -0.3 is 10.6 Å². The van der Waals surface area contributed by atoms with E-state index in [1.807, 2.05) is 13.0 Å². The second-order valence-corrected chi connectivity index (χ2v) is 4.56. The molecule has 15 heavy (non-hydrogen) atoms. The molecule has 0 bridgehead atoms. The number of anilines is 1. The Bertz CT molecular complexity index is 457. The van der Waals surface area contributed by atoms with Gasteiger partial charge in [-0.2, -0.15) is 0 Å². The number of hydrogen-bond acceptors (Lipinski definition) is 2. The quantitative estimate of drug-likeness (QED) is 0.709. The lowest BCUT2D eigenvalue weighted by Gasteiger charge is -2.08. The van der Waals surface area contributed by atoms with Gasteiger partial charge in [-0.15, -0.1) is 0 Å². The Balaban J connectivity index is 2.61. The number of hydrogen-bond donors (Lipinski definition) is 2. The molecule has 5 heteroatoms. The number of fused-ring (bicyclic) bond motifs is 1. The molecule has 2 amide bonds. The summed E-state index contributed by atoms with van der Waals surface area (Å²) in [6, 6.07) is 3.71. The van der Waals surface area contributed by atoms with Crippen LogP contribution in [0.4, 0.5) is 5.69 Å². The Labute approximate surface area is 101 Å². The minimum atomic E-state index is -0.204. The molecule has 1 aromatic carbocycles. The van der Waals surface area contributed by atoms with Gasteiger partial charge in [0.25, 0.3) is 5.91 Å². The minimum absolute atomic E-state index is 0.0304. The first-order valence-corrected chi connectivity index (χ1v) is 5.54. The van der Waals surface area contributed by atoms with Crippen molar-refractivity contribution >= 4 is 40.1 Å². The Morgan fingerprint density at radius 1 is 1.33 bits per heavy atom. The molecule has 0 saturated heterocycles. The first-order chi connectivity index (χ1) is 7.08. The third-order valence-corrected chi connectivity index (χ3v) is 3.00. The summed E-state index contributed by atoms with van der Waals surface area (Å²) in [6.45, 7) is 1.95. The lowest BCUT2D eigenvalue weighted by Crippen LogP contribution is -2.28. The van der Waals surface area contributed by atoms with Gasteiger partial charge in [-0.1, -0.05) is 0 Å². The standard InChI is InChI=1S/C10H9IN2O2/c1-5-2-6-9(7(11)3-5)13-8(14)4-12-10(6)15/h2-3H,4H2,1H3,(H,12,15)(H,13,14). The molecule has 2 rings (SSSR count). The highest BCUT2D eigenvalue weighted by molar-refractivity contribution is 14.1. The predicted molar refractivity (Wildman–Crippen MR) is 64.9 cm³/mol. The van der Waals surface area contributed by atoms with Crippen LogP contribution in [0.5, 0.6) is 0 Å². The largest absolute Gasteiger partial charge is 0.343 e. The molecule has 0 atom stereocenters. The predicted octanol–water partition coefficient (Wildman–Crippen LogP) is 1.28. The van der Waals surface area contributed by atoms with E-state index in [9.17, 15) is 9.59 Å². The summed E-state index contributed by atoms with van der Waals surface area (Å²) in [5.74, 6) is -0.395. The van der Waals surface area contributed by atoms with Crippen molar-refractivity contribution in [1.82, 2.24) is 5.32 Å². The number of aryl methyl sites for hydroxylation is 1. The molecule has 1 aliphatic rings. The van der Waals surface area contributed by atoms with Crippen molar-refractivity contribution in [2.75, 3.05) is 11.9 Å². The molecular weight excluding hydrogens is 307 g/mol. The second kappa shape index (κ2) is 3.80. The minimum Gasteiger partial charge on any atom is -0.343 e. The van der Waals surface area contributed by atoms with E-state index in [-0.39, 0.29) is 18.4 Å². The lowest BCUT2D eigenvalue weighted by atomic mass is 10.1. The number of amides is 2. The van der Waals surface area contributed by atoms with Crippen LogP contribution in [-0.4, -0.2) is 18.4 Å². The average Bonchev–Trinajstić information content (AvgIpc) is 2.30. The summed E-state index contributed by atoms with van der Waals surface area (Å²) in [5, 5.41) is 5.27. The molecule has 0 aliphatic carbocycles. The number of carbonyl (C=O) groups excluding carboxylic acids is 2. The van der Waals surface area contributed by atoms with E-state index in [1.54, 1.807) is 6.07 Å². The summed E-state index contributed by atoms with van der Waals surface area (Å²) >= 11 is 2.11. The van der Waals surface area contributed by atoms with Gasteiger partial charge in [-0.3, -0.25) is 9.59 Å². The van der Waals surface area contributed by atoms with Crippen LogP contribution in [-0.2, 0) is 4.79 Å². The Morgan fingerprint density at radius 3 is 2.80 bits per heavy atom. The van der Waals surface area contributed by atoms with Crippen molar-refractivity contribution in [2.24, 2.45) is 0 Å². The number of nitrogens with one attached hydrogen (secondary N) is 2. The van der Waals surface area contributed by atoms with Crippen molar-refractivity contribution in [3.05, 3.63) is 26.8 Å². The van der Waals surface area contributed by atoms with Crippen molar-refractivity contribution < 1.29 is 9.59 Å². The van der Waals surface area contributed by atoms with Gasteiger partial charge in [0.2, 0.25) is 5.91 Å². The van der Waals surface area contributed by atoms with Gasteiger partial charge in [0.05, 0.1) is 17.8 Å². The Hall–Kier alpha value is -1.11. The van der Waals surface area contributed by atoms with Gasteiger partial charge in [-0.25, -0.2) is 0 Å². The number of halogens is 1. The molecule has 1 aromatic rings. The van der Waals surface area contributed by atoms with E-state index in [1.165, 1.54) is 0 Å². The molecule has 0 saturated carbocycles. The van der Waals surface area contributed by atoms with E-state index in [0.717, 1.165) is 9.13 Å². The van der Waals surface area contributed by atoms with Crippen LogP contribution in [0.2, 0.25) is 0 Å². The maximum atomic E-state index is 11.6. The third kappa shape index (κ3) is 1.97. The molecule has 1 heterocycles. The van der Waals surface area contributed by atoms with Crippen molar-refractivity contribution in [3.8, 4) is 0 Å². The van der Waals surface area contributed by atoms with Crippen LogP contribution >= 0.6 is 22.6 Å². The van der Waals surface area contributed by atoms with E-state index in [2.05, 4.69) is 33.2 Å². The third-order valence-electron chi connectivity index (χ3n) is 2.15. The second-order valence-electron chi connectivity index (χ2n) is 3.40. The van der Waals surface area contributed by atoms with Crippen molar-refractivity contribution in [3.63, 3.8) is 0 Å². The highest BCUT2D eigenvalue weighted by Gasteiger charge is 2.20. The van der Waals surface area contributed by atoms with E-state index in [0.29, 0.717) is 11.3 Å². The average molecular weight is 316 g/mol. The summed E-state index contributed by atoms with van der Waals surface area (Å²) in [4.78, 5) is 22.9. The van der Waals surface area contributed by atoms with E-state index >= 15 is 0 Å². The van der Waals surface area contributed by atoms with Crippen LogP contribution < -0.4 is 10.6 Å². The molecule has 0 spiro atoms. The van der Waals surface area contributed by atoms with Gasteiger partial charge in [0.15, 0.2) is 0 Å². The molecule has 2 N–H and O–H groups in total. The zero-order valence-corrected chi connectivity index (χ0v) is 10.2. The fourth-order valence-corrected chi connectivity index (χ4v) is 2.40. The van der Waals surface area contributed by atoms with E-state index < -0.39 is 0 Å². The monoisotopic (exact) mass is 316 g/mol. The van der Waals surface area contributed by atoms with Crippen LogP contribution in [0, 0.1) is 10.5 Å². The molecule has 0 unspecified atom stereocenters. The number of carbonyl (C=O) groups is 2. The topological polar surface area (TPSA) is 58.2 Å². The molecule has 78 valence electrons. The molecular formula is C10H9IN2O2. The first kappa shape index (κ1) is 10.4. The SMILES string of the molecule is Cc1cc(I)c2c(c1)C(=O)NCC(=O)N2. The summed E-state index contributed by atoms with van der Waals surface area (Å²) in [6.07, 6.45) is 0. The van der Waals surface area contributed by atoms with Crippen LogP contribution in [0.15, 0.2) is 12.1 Å². The summed E-state index contributed by atoms with van der Waals surface area (Å²) < 4.78 is 0.882. The maximum Gasteiger partial charge on any atom is 0.253 e. The first-order valence-electron chi connectivity index (χ1n) is 4.46. The normalized spacial score (nSPS) is 15.1. The smallest absolute Gasteiger partial charge is 0.253 e. The van der Waals surface area contributed by atoms with Crippen LogP contribution in [0.25, 0.3) is 0 Å². The lowest BCUT2D eigenvalue weighted by molar-refractivity contribution is -0.115. The van der Waals surface area contributed by atoms with Crippen molar-refractivity contribution in [1.29, 1.82) is 0 Å². The molecule has 1 aliphatic heterocycles. The Morgan fingerprint density at radius 2 is 2.07 bits per heavy atom. The van der Waals surface area contributed by atoms with Gasteiger partial charge in [-0.05, 0) is 47.2 Å². The molecule has 0 aromatic heterocycles. The Kier molecular flexibility index (Phi) is 2.64. The zero-order valence-electron chi connectivity index (χ0n) is 8.06. The maximum absolute atomic E-state index is 11.6.